The molecule has 0 fully saturated rings. The Morgan fingerprint density at radius 1 is 1.25 bits per heavy atom. The minimum absolute atomic E-state index is 0.157. The van der Waals surface area contributed by atoms with Gasteiger partial charge in [0.1, 0.15) is 5.82 Å². The molecule has 0 aliphatic rings. The van der Waals surface area contributed by atoms with Crippen molar-refractivity contribution in [1.29, 1.82) is 0 Å². The molecule has 0 saturated heterocycles. The number of halogens is 2. The molecule has 0 saturated carbocycles. The van der Waals surface area contributed by atoms with Gasteiger partial charge < -0.3 is 9.73 Å². The van der Waals surface area contributed by atoms with E-state index in [2.05, 4.69) is 15.5 Å². The predicted octanol–water partition coefficient (Wildman–Crippen LogP) is 4.02. The van der Waals surface area contributed by atoms with E-state index >= 15 is 0 Å². The zero-order valence-corrected chi connectivity index (χ0v) is 13.5. The lowest BCUT2D eigenvalue weighted by molar-refractivity contribution is -0.115. The van der Waals surface area contributed by atoms with Gasteiger partial charge in [-0.2, -0.15) is 0 Å². The number of aromatic nitrogens is 2. The number of benzene rings is 2. The van der Waals surface area contributed by atoms with Crippen LogP contribution < -0.4 is 5.32 Å². The van der Waals surface area contributed by atoms with Crippen LogP contribution in [0.25, 0.3) is 11.5 Å². The lowest BCUT2D eigenvalue weighted by atomic mass is 10.1. The van der Waals surface area contributed by atoms with Crippen LogP contribution in [-0.2, 0) is 11.2 Å². The van der Waals surface area contributed by atoms with Crippen molar-refractivity contribution in [3.63, 3.8) is 0 Å². The van der Waals surface area contributed by atoms with Gasteiger partial charge in [0.2, 0.25) is 17.7 Å². The maximum absolute atomic E-state index is 13.7. The molecule has 3 aromatic rings. The summed E-state index contributed by atoms with van der Waals surface area (Å²) in [5.41, 5.74) is 1.39. The van der Waals surface area contributed by atoms with Crippen molar-refractivity contribution in [3.8, 4) is 11.5 Å². The monoisotopic (exact) mass is 345 g/mol. The molecule has 0 aliphatic heterocycles. The fraction of sp³-hybridized carbons (Fsp3) is 0.118. The van der Waals surface area contributed by atoms with E-state index in [0.717, 1.165) is 0 Å². The van der Waals surface area contributed by atoms with Gasteiger partial charge in [0.05, 0.1) is 6.42 Å². The molecule has 0 spiro atoms. The second kappa shape index (κ2) is 6.80. The van der Waals surface area contributed by atoms with Gasteiger partial charge in [0, 0.05) is 28.8 Å². The first kappa shape index (κ1) is 16.1. The molecule has 1 N–H and O–H groups in total. The van der Waals surface area contributed by atoms with E-state index in [0.29, 0.717) is 23.0 Å². The number of anilines is 1. The summed E-state index contributed by atoms with van der Waals surface area (Å²) in [5.74, 6) is -0.0667. The number of hydrogen-bond acceptors (Lipinski definition) is 4. The number of carbonyl (C=O) groups excluding carboxylic acids is 1. The van der Waals surface area contributed by atoms with Crippen LogP contribution in [0.2, 0.25) is 5.02 Å². The predicted molar refractivity (Wildman–Crippen MR) is 88.2 cm³/mol. The highest BCUT2D eigenvalue weighted by Gasteiger charge is 2.13. The van der Waals surface area contributed by atoms with Gasteiger partial charge in [-0.15, -0.1) is 10.2 Å². The van der Waals surface area contributed by atoms with Gasteiger partial charge >= 0.3 is 0 Å². The first-order valence-corrected chi connectivity index (χ1v) is 7.54. The molecule has 0 radical (unpaired) electrons. The number of amides is 1. The maximum Gasteiger partial charge on any atom is 0.247 e. The number of hydrogen-bond donors (Lipinski definition) is 1. The van der Waals surface area contributed by atoms with Gasteiger partial charge in [-0.05, 0) is 30.3 Å². The number of rotatable bonds is 4. The molecule has 3 rings (SSSR count). The van der Waals surface area contributed by atoms with E-state index < -0.39 is 5.82 Å². The van der Waals surface area contributed by atoms with E-state index in [1.807, 2.05) is 0 Å². The largest absolute Gasteiger partial charge is 0.421 e. The standard InChI is InChI=1S/C17H13ClFN3O2/c1-10-21-22-17(24-10)11-4-2-5-12(8-11)20-16(23)9-13-14(18)6-3-7-15(13)19/h2-8H,9H2,1H3,(H,20,23). The van der Waals surface area contributed by atoms with Gasteiger partial charge in [-0.1, -0.05) is 23.7 Å². The number of nitrogens with one attached hydrogen (secondary N) is 1. The van der Waals surface area contributed by atoms with Crippen molar-refractivity contribution < 1.29 is 13.6 Å². The van der Waals surface area contributed by atoms with E-state index in [9.17, 15) is 9.18 Å². The first-order chi connectivity index (χ1) is 11.5. The highest BCUT2D eigenvalue weighted by molar-refractivity contribution is 6.31. The molecule has 0 atom stereocenters. The van der Waals surface area contributed by atoms with E-state index in [-0.39, 0.29) is 22.9 Å². The molecule has 5 nitrogen and oxygen atoms in total. The molecular formula is C17H13ClFN3O2. The topological polar surface area (TPSA) is 68.0 Å². The summed E-state index contributed by atoms with van der Waals surface area (Å²) in [6, 6.07) is 11.3. The fourth-order valence-corrected chi connectivity index (χ4v) is 2.44. The van der Waals surface area contributed by atoms with E-state index in [1.54, 1.807) is 37.3 Å². The summed E-state index contributed by atoms with van der Waals surface area (Å²) in [5, 5.41) is 10.6. The fourth-order valence-electron chi connectivity index (χ4n) is 2.21. The van der Waals surface area contributed by atoms with Crippen LogP contribution in [0.1, 0.15) is 11.5 Å². The summed E-state index contributed by atoms with van der Waals surface area (Å²) in [7, 11) is 0. The summed E-state index contributed by atoms with van der Waals surface area (Å²) in [4.78, 5) is 12.2. The van der Waals surface area contributed by atoms with E-state index in [1.165, 1.54) is 12.1 Å². The Balaban J connectivity index is 1.75. The smallest absolute Gasteiger partial charge is 0.247 e. The second-order valence-corrected chi connectivity index (χ2v) is 5.54. The summed E-state index contributed by atoms with van der Waals surface area (Å²) < 4.78 is 19.1. The van der Waals surface area contributed by atoms with Crippen molar-refractivity contribution in [2.75, 3.05) is 5.32 Å². The Hall–Kier alpha value is -2.73. The minimum Gasteiger partial charge on any atom is -0.421 e. The van der Waals surface area contributed by atoms with Gasteiger partial charge in [0.25, 0.3) is 0 Å². The van der Waals surface area contributed by atoms with Gasteiger partial charge in [-0.3, -0.25) is 4.79 Å². The third-order valence-electron chi connectivity index (χ3n) is 3.32. The molecule has 0 bridgehead atoms. The molecule has 1 amide bonds. The van der Waals surface area contributed by atoms with E-state index in [4.69, 9.17) is 16.0 Å². The number of carbonyl (C=O) groups is 1. The molecule has 0 unspecified atom stereocenters. The molecule has 1 heterocycles. The normalized spacial score (nSPS) is 10.6. The molecule has 24 heavy (non-hydrogen) atoms. The number of aryl methyl sites for hydroxylation is 1. The Morgan fingerprint density at radius 2 is 2.04 bits per heavy atom. The van der Waals surface area contributed by atoms with Crippen molar-refractivity contribution in [2.24, 2.45) is 0 Å². The summed E-state index contributed by atoms with van der Waals surface area (Å²) >= 11 is 5.94. The summed E-state index contributed by atoms with van der Waals surface area (Å²) in [6.45, 7) is 1.69. The second-order valence-electron chi connectivity index (χ2n) is 5.13. The summed E-state index contributed by atoms with van der Waals surface area (Å²) in [6.07, 6.45) is -0.157. The SMILES string of the molecule is Cc1nnc(-c2cccc(NC(=O)Cc3c(F)cccc3Cl)c2)o1. The van der Waals surface area contributed by atoms with Crippen LogP contribution in [0.5, 0.6) is 0 Å². The zero-order valence-electron chi connectivity index (χ0n) is 12.7. The van der Waals surface area contributed by atoms with Crippen LogP contribution in [0.15, 0.2) is 46.9 Å². The molecule has 122 valence electrons. The Kier molecular flexibility index (Phi) is 4.57. The Bertz CT molecular complexity index is 875. The lowest BCUT2D eigenvalue weighted by Crippen LogP contribution is -2.15. The average molecular weight is 346 g/mol. The minimum atomic E-state index is -0.507. The van der Waals surface area contributed by atoms with Crippen LogP contribution in [0.3, 0.4) is 0 Å². The third kappa shape index (κ3) is 3.60. The lowest BCUT2D eigenvalue weighted by Gasteiger charge is -2.08. The highest BCUT2D eigenvalue weighted by atomic mass is 35.5. The van der Waals surface area contributed by atoms with Gasteiger partial charge in [0.15, 0.2) is 0 Å². The van der Waals surface area contributed by atoms with Crippen molar-refractivity contribution in [2.45, 2.75) is 13.3 Å². The van der Waals surface area contributed by atoms with Crippen LogP contribution in [0, 0.1) is 12.7 Å². The van der Waals surface area contributed by atoms with Crippen molar-refractivity contribution in [3.05, 3.63) is 64.8 Å². The quantitative estimate of drug-likeness (QED) is 0.775. The first-order valence-electron chi connectivity index (χ1n) is 7.16. The molecule has 0 aliphatic carbocycles. The van der Waals surface area contributed by atoms with Crippen LogP contribution >= 0.6 is 11.6 Å². The Morgan fingerprint density at radius 3 is 2.75 bits per heavy atom. The maximum atomic E-state index is 13.7. The van der Waals surface area contributed by atoms with Crippen LogP contribution in [0.4, 0.5) is 10.1 Å². The number of nitrogens with zero attached hydrogens (tertiary/aromatic N) is 2. The van der Waals surface area contributed by atoms with Crippen LogP contribution in [-0.4, -0.2) is 16.1 Å². The van der Waals surface area contributed by atoms with Crippen molar-refractivity contribution in [1.82, 2.24) is 10.2 Å². The zero-order chi connectivity index (χ0) is 17.1. The molecule has 1 aromatic heterocycles. The average Bonchev–Trinajstić information content (AvgIpc) is 2.98. The van der Waals surface area contributed by atoms with Crippen molar-refractivity contribution >= 4 is 23.2 Å². The Labute approximate surface area is 142 Å². The molecular weight excluding hydrogens is 333 g/mol. The highest BCUT2D eigenvalue weighted by Crippen LogP contribution is 2.23. The third-order valence-corrected chi connectivity index (χ3v) is 3.67. The molecule has 7 heteroatoms. The van der Waals surface area contributed by atoms with Gasteiger partial charge in [-0.25, -0.2) is 4.39 Å². The molecule has 2 aromatic carbocycles.